The number of nitrogens with zero attached hydrogens (tertiary/aromatic N) is 3. The van der Waals surface area contributed by atoms with Crippen LogP contribution in [0.4, 0.5) is 0 Å². The summed E-state index contributed by atoms with van der Waals surface area (Å²) in [4.78, 5) is 8.15. The van der Waals surface area contributed by atoms with Crippen LogP contribution in [0.3, 0.4) is 0 Å². The van der Waals surface area contributed by atoms with E-state index in [1.54, 1.807) is 30.9 Å². The molecule has 0 aromatic rings. The van der Waals surface area contributed by atoms with Crippen LogP contribution in [-0.2, 0) is 18.9 Å². The van der Waals surface area contributed by atoms with Gasteiger partial charge in [0.15, 0.2) is 0 Å². The zero-order chi connectivity index (χ0) is 18.2. The first-order chi connectivity index (χ1) is 11.3. The Kier molecular flexibility index (Phi) is 7.58. The van der Waals surface area contributed by atoms with Crippen LogP contribution in [0.5, 0.6) is 0 Å². The molecule has 0 aromatic heterocycles. The highest BCUT2D eigenvalue weighted by atomic mass is 32.3. The molecule has 10 heteroatoms. The molecular formula is C14H18N4O5S. The molecule has 0 aliphatic carbocycles. The van der Waals surface area contributed by atoms with Gasteiger partial charge in [-0.25, -0.2) is 4.18 Å². The average Bonchev–Trinajstić information content (AvgIpc) is 2.51. The molecule has 0 atom stereocenters. The molecule has 0 amide bonds. The summed E-state index contributed by atoms with van der Waals surface area (Å²) in [6.07, 6.45) is 3.37. The second kappa shape index (κ2) is 9.17. The Bertz CT molecular complexity index is 702. The Morgan fingerprint density at radius 2 is 1.88 bits per heavy atom. The molecule has 0 unspecified atom stereocenters. The minimum atomic E-state index is -4.20. The van der Waals surface area contributed by atoms with E-state index in [0.29, 0.717) is 5.57 Å². The fourth-order valence-corrected chi connectivity index (χ4v) is 2.53. The number of hydrogen-bond acceptors (Lipinski definition) is 7. The molecule has 0 saturated carbocycles. The minimum Gasteiger partial charge on any atom is -0.395 e. The summed E-state index contributed by atoms with van der Waals surface area (Å²) in [5, 5.41) is 8.53. The van der Waals surface area contributed by atoms with Gasteiger partial charge in [0.05, 0.1) is 18.8 Å². The second-order valence-corrected chi connectivity index (χ2v) is 5.88. The first kappa shape index (κ1) is 19.8. The molecule has 1 aliphatic heterocycles. The molecule has 0 radical (unpaired) electrons. The van der Waals surface area contributed by atoms with Crippen LogP contribution in [0.1, 0.15) is 13.8 Å². The maximum atomic E-state index is 11.4. The number of allylic oxidation sites excluding steroid dienone is 5. The van der Waals surface area contributed by atoms with Crippen molar-refractivity contribution in [2.45, 2.75) is 13.8 Å². The van der Waals surface area contributed by atoms with Crippen molar-refractivity contribution < 1.29 is 22.0 Å². The molecule has 0 bridgehead atoms. The third-order valence-electron chi connectivity index (χ3n) is 2.97. The summed E-state index contributed by atoms with van der Waals surface area (Å²) in [6.45, 7) is 17.3. The van der Waals surface area contributed by atoms with Crippen LogP contribution in [0, 0.1) is 13.1 Å². The molecule has 2 N–H and O–H groups in total. The average molecular weight is 354 g/mol. The molecular weight excluding hydrogens is 336 g/mol. The maximum Gasteiger partial charge on any atom is 0.526 e. The SMILES string of the molecule is [C-]#[N+]C([N+]#[C-])=C1C=C(C)N(CCOS(=O)(=O)ONCCO)C(C)=C1. The van der Waals surface area contributed by atoms with Crippen LogP contribution < -0.4 is 5.48 Å². The fraction of sp³-hybridized carbons (Fsp3) is 0.429. The number of hydroxylamine groups is 1. The Morgan fingerprint density at radius 1 is 1.29 bits per heavy atom. The number of nitrogens with one attached hydrogen (secondary N) is 1. The lowest BCUT2D eigenvalue weighted by Crippen LogP contribution is -2.29. The Labute approximate surface area is 141 Å². The zero-order valence-electron chi connectivity index (χ0n) is 13.3. The van der Waals surface area contributed by atoms with Crippen molar-refractivity contribution in [2.24, 2.45) is 0 Å². The van der Waals surface area contributed by atoms with Gasteiger partial charge in [-0.15, -0.1) is 0 Å². The predicted octanol–water partition coefficient (Wildman–Crippen LogP) is 0.935. The van der Waals surface area contributed by atoms with E-state index in [9.17, 15) is 8.42 Å². The molecule has 24 heavy (non-hydrogen) atoms. The van der Waals surface area contributed by atoms with Gasteiger partial charge in [-0.05, 0) is 26.0 Å². The van der Waals surface area contributed by atoms with E-state index in [1.807, 2.05) is 0 Å². The predicted molar refractivity (Wildman–Crippen MR) is 85.5 cm³/mol. The van der Waals surface area contributed by atoms with Crippen LogP contribution in [0.2, 0.25) is 0 Å². The van der Waals surface area contributed by atoms with E-state index in [0.717, 1.165) is 11.4 Å². The van der Waals surface area contributed by atoms with Crippen LogP contribution >= 0.6 is 0 Å². The van der Waals surface area contributed by atoms with E-state index < -0.39 is 10.4 Å². The molecule has 9 nitrogen and oxygen atoms in total. The summed E-state index contributed by atoms with van der Waals surface area (Å²) < 4.78 is 31.8. The lowest BCUT2D eigenvalue weighted by Gasteiger charge is -2.28. The van der Waals surface area contributed by atoms with Gasteiger partial charge in [0.25, 0.3) is 0 Å². The van der Waals surface area contributed by atoms with Gasteiger partial charge in [-0.1, -0.05) is 0 Å². The van der Waals surface area contributed by atoms with E-state index in [2.05, 4.69) is 19.5 Å². The van der Waals surface area contributed by atoms with Crippen molar-refractivity contribution in [1.82, 2.24) is 10.4 Å². The van der Waals surface area contributed by atoms with Crippen molar-refractivity contribution in [3.05, 3.63) is 57.8 Å². The van der Waals surface area contributed by atoms with Gasteiger partial charge < -0.3 is 10.0 Å². The third kappa shape index (κ3) is 5.77. The molecule has 130 valence electrons. The fourth-order valence-electron chi connectivity index (χ4n) is 1.98. The Hall–Kier alpha value is -2.21. The van der Waals surface area contributed by atoms with Gasteiger partial charge in [0.1, 0.15) is 13.1 Å². The van der Waals surface area contributed by atoms with E-state index in [-0.39, 0.29) is 32.1 Å². The van der Waals surface area contributed by atoms with Crippen molar-refractivity contribution in [1.29, 1.82) is 0 Å². The number of rotatable bonds is 8. The van der Waals surface area contributed by atoms with Crippen molar-refractivity contribution >= 4 is 10.4 Å². The van der Waals surface area contributed by atoms with Crippen LogP contribution in [-0.4, -0.2) is 44.7 Å². The summed E-state index contributed by atoms with van der Waals surface area (Å²) in [5.41, 5.74) is 4.09. The second-order valence-electron chi connectivity index (χ2n) is 4.66. The summed E-state index contributed by atoms with van der Waals surface area (Å²) in [6, 6.07) is 0. The molecule has 1 heterocycles. The van der Waals surface area contributed by atoms with Crippen molar-refractivity contribution in [2.75, 3.05) is 26.3 Å². The molecule has 0 spiro atoms. The van der Waals surface area contributed by atoms with Gasteiger partial charge in [-0.2, -0.15) is 27.9 Å². The van der Waals surface area contributed by atoms with Crippen LogP contribution in [0.15, 0.2) is 34.9 Å². The van der Waals surface area contributed by atoms with Crippen LogP contribution in [0.25, 0.3) is 9.69 Å². The summed E-state index contributed by atoms with van der Waals surface area (Å²) >= 11 is 0. The van der Waals surface area contributed by atoms with Gasteiger partial charge in [0, 0.05) is 24.5 Å². The topological polar surface area (TPSA) is 96.8 Å². The molecule has 1 aliphatic rings. The number of hydrogen-bond donors (Lipinski definition) is 2. The van der Waals surface area contributed by atoms with Gasteiger partial charge in [-0.3, -0.25) is 0 Å². The molecule has 0 saturated heterocycles. The largest absolute Gasteiger partial charge is 0.526 e. The standard InChI is InChI=1S/C14H18N4O5S/c1-11-9-13(14(15-3)16-4)10-12(2)18(11)6-8-22-24(20,21)23-17-5-7-19/h9-10,17,19H,5-8H2,1-2H3. The number of aliphatic hydroxyl groups is 1. The normalized spacial score (nSPS) is 14.5. The highest BCUT2D eigenvalue weighted by Crippen LogP contribution is 2.25. The minimum absolute atomic E-state index is 0.0180. The van der Waals surface area contributed by atoms with Crippen molar-refractivity contribution in [3.8, 4) is 0 Å². The summed E-state index contributed by atoms with van der Waals surface area (Å²) in [5.74, 6) is -0.0180. The van der Waals surface area contributed by atoms with Gasteiger partial charge in [0.2, 0.25) is 0 Å². The summed E-state index contributed by atoms with van der Waals surface area (Å²) in [7, 11) is -4.20. The zero-order valence-corrected chi connectivity index (χ0v) is 14.1. The lowest BCUT2D eigenvalue weighted by atomic mass is 10.1. The Balaban J connectivity index is 2.67. The van der Waals surface area contributed by atoms with E-state index in [4.69, 9.17) is 22.4 Å². The smallest absolute Gasteiger partial charge is 0.395 e. The highest BCUT2D eigenvalue weighted by molar-refractivity contribution is 7.81. The van der Waals surface area contributed by atoms with Gasteiger partial charge >= 0.3 is 16.2 Å². The maximum absolute atomic E-state index is 11.4. The number of aliphatic hydroxyl groups excluding tert-OH is 1. The Morgan fingerprint density at radius 3 is 2.38 bits per heavy atom. The first-order valence-corrected chi connectivity index (χ1v) is 8.23. The van der Waals surface area contributed by atoms with E-state index in [1.165, 1.54) is 0 Å². The molecule has 1 rings (SSSR count). The lowest BCUT2D eigenvalue weighted by molar-refractivity contribution is 0.129. The van der Waals surface area contributed by atoms with Crippen molar-refractivity contribution in [3.63, 3.8) is 0 Å². The van der Waals surface area contributed by atoms with E-state index >= 15 is 0 Å². The molecule has 0 fully saturated rings. The quantitative estimate of drug-likeness (QED) is 0.380. The first-order valence-electron chi connectivity index (χ1n) is 6.89. The molecule has 0 aromatic carbocycles. The monoisotopic (exact) mass is 354 g/mol. The highest BCUT2D eigenvalue weighted by Gasteiger charge is 2.20. The third-order valence-corrected chi connectivity index (χ3v) is 3.75.